The van der Waals surface area contributed by atoms with Gasteiger partial charge in [0.25, 0.3) is 5.91 Å². The van der Waals surface area contributed by atoms with Crippen LogP contribution in [-0.2, 0) is 11.0 Å². The van der Waals surface area contributed by atoms with E-state index < -0.39 is 11.7 Å². The van der Waals surface area contributed by atoms with Gasteiger partial charge in [-0.05, 0) is 51.3 Å². The summed E-state index contributed by atoms with van der Waals surface area (Å²) >= 11 is 0. The summed E-state index contributed by atoms with van der Waals surface area (Å²) in [5.41, 5.74) is 0.337. The van der Waals surface area contributed by atoms with Gasteiger partial charge in [0.15, 0.2) is 0 Å². The maximum Gasteiger partial charge on any atom is 0.416 e. The van der Waals surface area contributed by atoms with Gasteiger partial charge < -0.3 is 9.80 Å². The molecule has 184 valence electrons. The third kappa shape index (κ3) is 5.11. The Balaban J connectivity index is 1.38. The zero-order chi connectivity index (χ0) is 24.5. The average molecular weight is 478 g/mol. The van der Waals surface area contributed by atoms with Crippen molar-refractivity contribution in [1.82, 2.24) is 24.5 Å². The maximum absolute atomic E-state index is 13.1. The summed E-state index contributed by atoms with van der Waals surface area (Å²) in [5.74, 6) is -0.0588. The number of nitrogens with zero attached hydrogens (tertiary/aromatic N) is 5. The van der Waals surface area contributed by atoms with E-state index in [-0.39, 0.29) is 23.5 Å². The fraction of sp³-hybridized carbons (Fsp3) is 0.542. The Kier molecular flexibility index (Phi) is 6.97. The van der Waals surface area contributed by atoms with Gasteiger partial charge in [-0.25, -0.2) is 4.68 Å². The summed E-state index contributed by atoms with van der Waals surface area (Å²) in [7, 11) is 0. The van der Waals surface area contributed by atoms with E-state index >= 15 is 0 Å². The molecule has 0 spiro atoms. The van der Waals surface area contributed by atoms with Crippen molar-refractivity contribution < 1.29 is 22.8 Å². The topological polar surface area (TPSA) is 61.7 Å². The molecule has 1 unspecified atom stereocenters. The van der Waals surface area contributed by atoms with Crippen molar-refractivity contribution in [3.05, 3.63) is 47.3 Å². The Morgan fingerprint density at radius 2 is 1.82 bits per heavy atom. The summed E-state index contributed by atoms with van der Waals surface area (Å²) in [6.07, 6.45) is 0.206. The number of benzene rings is 1. The monoisotopic (exact) mass is 477 g/mol. The van der Waals surface area contributed by atoms with Crippen LogP contribution >= 0.6 is 0 Å². The van der Waals surface area contributed by atoms with Gasteiger partial charge in [0.05, 0.1) is 35.2 Å². The highest BCUT2D eigenvalue weighted by molar-refractivity contribution is 5.95. The number of piperidine rings is 1. The van der Waals surface area contributed by atoms with E-state index in [1.165, 1.54) is 23.0 Å². The number of rotatable bonds is 4. The largest absolute Gasteiger partial charge is 0.416 e. The molecule has 34 heavy (non-hydrogen) atoms. The van der Waals surface area contributed by atoms with Crippen LogP contribution in [0.5, 0.6) is 0 Å². The van der Waals surface area contributed by atoms with Crippen LogP contribution in [0.15, 0.2) is 30.5 Å². The zero-order valence-electron chi connectivity index (χ0n) is 19.5. The number of carbonyl (C=O) groups is 2. The Morgan fingerprint density at radius 1 is 1.09 bits per heavy atom. The molecule has 2 aliphatic rings. The molecule has 0 radical (unpaired) electrons. The molecule has 7 nitrogen and oxygen atoms in total. The molecule has 10 heteroatoms. The second-order valence-electron chi connectivity index (χ2n) is 9.10. The quantitative estimate of drug-likeness (QED) is 0.678. The van der Waals surface area contributed by atoms with E-state index in [1.807, 2.05) is 4.90 Å². The lowest BCUT2D eigenvalue weighted by molar-refractivity contribution is -0.138. The molecule has 0 N–H and O–H groups in total. The molecule has 0 bridgehead atoms. The molecule has 3 heterocycles. The molecule has 1 aromatic carbocycles. The van der Waals surface area contributed by atoms with E-state index in [4.69, 9.17) is 0 Å². The van der Waals surface area contributed by atoms with Crippen molar-refractivity contribution in [2.75, 3.05) is 39.3 Å². The van der Waals surface area contributed by atoms with Crippen LogP contribution in [0.1, 0.15) is 47.8 Å². The smallest absolute Gasteiger partial charge is 0.339 e. The fourth-order valence-corrected chi connectivity index (χ4v) is 4.72. The standard InChI is InChI=1S/C24H30F3N5O2/c1-17-6-3-4-9-31(17)22(33)16-29-10-12-30(13-11-29)23(34)21-15-28-32(18(21)2)20-8-5-7-19(14-20)24(25,26)27/h5,7-8,14-15,17H,3-4,6,9-13,16H2,1-2H3. The van der Waals surface area contributed by atoms with Gasteiger partial charge in [0.1, 0.15) is 0 Å². The van der Waals surface area contributed by atoms with E-state index in [0.717, 1.165) is 37.9 Å². The lowest BCUT2D eigenvalue weighted by Crippen LogP contribution is -2.53. The number of hydrogen-bond acceptors (Lipinski definition) is 4. The number of halogens is 3. The molecule has 2 amide bonds. The van der Waals surface area contributed by atoms with Crippen molar-refractivity contribution in [3.63, 3.8) is 0 Å². The molecular formula is C24H30F3N5O2. The Bertz CT molecular complexity index is 1040. The first-order valence-corrected chi connectivity index (χ1v) is 11.7. The molecule has 1 aromatic heterocycles. The van der Waals surface area contributed by atoms with Gasteiger partial charge in [-0.3, -0.25) is 14.5 Å². The zero-order valence-corrected chi connectivity index (χ0v) is 19.5. The SMILES string of the molecule is Cc1c(C(=O)N2CCN(CC(=O)N3CCCCC3C)CC2)cnn1-c1cccc(C(F)(F)F)c1. The molecule has 0 saturated carbocycles. The molecule has 2 fully saturated rings. The van der Waals surface area contributed by atoms with Crippen molar-refractivity contribution in [2.24, 2.45) is 0 Å². The predicted octanol–water partition coefficient (Wildman–Crippen LogP) is 3.36. The first kappa shape index (κ1) is 24.3. The number of aromatic nitrogens is 2. The summed E-state index contributed by atoms with van der Waals surface area (Å²) < 4.78 is 40.6. The number of amides is 2. The summed E-state index contributed by atoms with van der Waals surface area (Å²) in [5, 5.41) is 4.18. The molecular weight excluding hydrogens is 447 g/mol. The molecule has 2 aliphatic heterocycles. The van der Waals surface area contributed by atoms with Crippen molar-refractivity contribution in [2.45, 2.75) is 45.3 Å². The van der Waals surface area contributed by atoms with Crippen LogP contribution in [0.3, 0.4) is 0 Å². The predicted molar refractivity (Wildman–Crippen MR) is 121 cm³/mol. The molecule has 4 rings (SSSR count). The first-order chi connectivity index (χ1) is 16.1. The average Bonchev–Trinajstić information content (AvgIpc) is 3.20. The third-order valence-electron chi connectivity index (χ3n) is 6.80. The highest BCUT2D eigenvalue weighted by Gasteiger charge is 2.31. The summed E-state index contributed by atoms with van der Waals surface area (Å²) in [6, 6.07) is 5.16. The number of alkyl halides is 3. The minimum Gasteiger partial charge on any atom is -0.339 e. The molecule has 2 aromatic rings. The minimum absolute atomic E-state index is 0.144. The van der Waals surface area contributed by atoms with Crippen LogP contribution < -0.4 is 0 Å². The lowest BCUT2D eigenvalue weighted by Gasteiger charge is -2.38. The summed E-state index contributed by atoms with van der Waals surface area (Å²) in [6.45, 7) is 7.10. The van der Waals surface area contributed by atoms with E-state index in [2.05, 4.69) is 16.9 Å². The normalized spacial score (nSPS) is 20.0. The van der Waals surface area contributed by atoms with E-state index in [1.54, 1.807) is 11.8 Å². The third-order valence-corrected chi connectivity index (χ3v) is 6.80. The molecule has 0 aliphatic carbocycles. The highest BCUT2D eigenvalue weighted by atomic mass is 19.4. The van der Waals surface area contributed by atoms with Crippen LogP contribution in [-0.4, -0.2) is 81.6 Å². The maximum atomic E-state index is 13.1. The van der Waals surface area contributed by atoms with Crippen molar-refractivity contribution >= 4 is 11.8 Å². The van der Waals surface area contributed by atoms with Gasteiger partial charge >= 0.3 is 6.18 Å². The van der Waals surface area contributed by atoms with Crippen LogP contribution in [0.2, 0.25) is 0 Å². The number of piperazine rings is 1. The van der Waals surface area contributed by atoms with Gasteiger partial charge in [-0.1, -0.05) is 6.07 Å². The van der Waals surface area contributed by atoms with E-state index in [0.29, 0.717) is 44.0 Å². The van der Waals surface area contributed by atoms with Crippen LogP contribution in [0.4, 0.5) is 13.2 Å². The van der Waals surface area contributed by atoms with Crippen molar-refractivity contribution in [1.29, 1.82) is 0 Å². The first-order valence-electron chi connectivity index (χ1n) is 11.7. The number of hydrogen-bond donors (Lipinski definition) is 0. The van der Waals surface area contributed by atoms with Crippen molar-refractivity contribution in [3.8, 4) is 5.69 Å². The van der Waals surface area contributed by atoms with Gasteiger partial charge in [-0.15, -0.1) is 0 Å². The van der Waals surface area contributed by atoms with Gasteiger partial charge in [-0.2, -0.15) is 18.3 Å². The molecule has 2 saturated heterocycles. The van der Waals surface area contributed by atoms with Crippen LogP contribution in [0, 0.1) is 6.92 Å². The second kappa shape index (κ2) is 9.77. The summed E-state index contributed by atoms with van der Waals surface area (Å²) in [4.78, 5) is 31.6. The van der Waals surface area contributed by atoms with Gasteiger partial charge in [0.2, 0.25) is 5.91 Å². The second-order valence-corrected chi connectivity index (χ2v) is 9.10. The minimum atomic E-state index is -4.46. The van der Waals surface area contributed by atoms with E-state index in [9.17, 15) is 22.8 Å². The van der Waals surface area contributed by atoms with Crippen LogP contribution in [0.25, 0.3) is 5.69 Å². The fourth-order valence-electron chi connectivity index (χ4n) is 4.72. The Hall–Kier alpha value is -2.88. The lowest BCUT2D eigenvalue weighted by atomic mass is 10.0. The Morgan fingerprint density at radius 3 is 2.50 bits per heavy atom. The number of carbonyl (C=O) groups excluding carboxylic acids is 2. The van der Waals surface area contributed by atoms with Gasteiger partial charge in [0, 0.05) is 38.8 Å². The molecule has 1 atom stereocenters. The Labute approximate surface area is 197 Å². The highest BCUT2D eigenvalue weighted by Crippen LogP contribution is 2.30. The number of likely N-dealkylation sites (tertiary alicyclic amines) is 1.